The van der Waals surface area contributed by atoms with Crippen molar-refractivity contribution < 1.29 is 39.7 Å². The maximum Gasteiger partial charge on any atom is 0.534 e. The highest BCUT2D eigenvalue weighted by Gasteiger charge is 2.49. The molecule has 1 aromatic carbocycles. The Labute approximate surface area is 127 Å². The number of rotatable bonds is 5. The first kappa shape index (κ1) is 17.1. The van der Waals surface area contributed by atoms with Crippen LogP contribution in [0.25, 0.3) is 11.0 Å². The summed E-state index contributed by atoms with van der Waals surface area (Å²) in [4.78, 5) is 11.1. The summed E-state index contributed by atoms with van der Waals surface area (Å²) < 4.78 is 78.0. The van der Waals surface area contributed by atoms with Crippen LogP contribution < -0.4 is 14.5 Å². The molecule has 23 heavy (non-hydrogen) atoms. The van der Waals surface area contributed by atoms with Crippen LogP contribution in [-0.4, -0.2) is 27.8 Å². The highest BCUT2D eigenvalue weighted by Crippen LogP contribution is 2.36. The van der Waals surface area contributed by atoms with Gasteiger partial charge in [0.25, 0.3) is 0 Å². The summed E-state index contributed by atoms with van der Waals surface area (Å²) in [5.41, 5.74) is -6.34. The Bertz CT molecular complexity index is 870. The van der Waals surface area contributed by atoms with Crippen LogP contribution >= 0.6 is 0 Å². The molecule has 126 valence electrons. The predicted octanol–water partition coefficient (Wildman–Crippen LogP) is 2.00. The standard InChI is InChI=1S/C12H9F3O7S/c1-19-6-20-9-5-8-7(2-3-11(16)21-8)4-10(9)22-23(17,18)12(13,14)15/h2-5H,6H2,1H3. The van der Waals surface area contributed by atoms with Crippen molar-refractivity contribution in [2.24, 2.45) is 0 Å². The molecule has 0 aliphatic carbocycles. The molecule has 0 fully saturated rings. The first-order valence-electron chi connectivity index (χ1n) is 5.84. The Morgan fingerprint density at radius 2 is 1.87 bits per heavy atom. The Morgan fingerprint density at radius 1 is 1.17 bits per heavy atom. The molecule has 0 atom stereocenters. The zero-order valence-electron chi connectivity index (χ0n) is 11.4. The topological polar surface area (TPSA) is 92.0 Å². The van der Waals surface area contributed by atoms with E-state index in [-0.39, 0.29) is 11.0 Å². The number of alkyl halides is 3. The number of methoxy groups -OCH3 is 1. The van der Waals surface area contributed by atoms with Gasteiger partial charge in [0.15, 0.2) is 18.3 Å². The van der Waals surface area contributed by atoms with E-state index in [4.69, 9.17) is 9.15 Å². The van der Waals surface area contributed by atoms with Crippen LogP contribution in [-0.2, 0) is 14.9 Å². The third-order valence-electron chi connectivity index (χ3n) is 2.50. The van der Waals surface area contributed by atoms with Gasteiger partial charge in [0.1, 0.15) is 5.58 Å². The summed E-state index contributed by atoms with van der Waals surface area (Å²) in [6.07, 6.45) is 0. The lowest BCUT2D eigenvalue weighted by Crippen LogP contribution is -2.28. The van der Waals surface area contributed by atoms with Crippen molar-refractivity contribution in [3.63, 3.8) is 0 Å². The number of hydrogen-bond donors (Lipinski definition) is 0. The van der Waals surface area contributed by atoms with Gasteiger partial charge < -0.3 is 18.1 Å². The van der Waals surface area contributed by atoms with E-state index in [1.165, 1.54) is 13.2 Å². The minimum Gasteiger partial charge on any atom is -0.463 e. The van der Waals surface area contributed by atoms with Crippen molar-refractivity contribution in [3.05, 3.63) is 34.7 Å². The van der Waals surface area contributed by atoms with E-state index in [2.05, 4.69) is 8.92 Å². The van der Waals surface area contributed by atoms with E-state index in [0.717, 1.165) is 18.2 Å². The Morgan fingerprint density at radius 3 is 2.48 bits per heavy atom. The molecule has 0 N–H and O–H groups in total. The lowest BCUT2D eigenvalue weighted by Gasteiger charge is -2.14. The molecule has 7 nitrogen and oxygen atoms in total. The van der Waals surface area contributed by atoms with E-state index in [0.29, 0.717) is 0 Å². The van der Waals surface area contributed by atoms with Gasteiger partial charge in [-0.15, -0.1) is 0 Å². The van der Waals surface area contributed by atoms with E-state index in [1.807, 2.05) is 0 Å². The highest BCUT2D eigenvalue weighted by atomic mass is 32.2. The van der Waals surface area contributed by atoms with E-state index in [1.54, 1.807) is 0 Å². The second kappa shape index (κ2) is 6.08. The molecular formula is C12H9F3O7S. The number of halogens is 3. The van der Waals surface area contributed by atoms with Gasteiger partial charge in [-0.1, -0.05) is 0 Å². The van der Waals surface area contributed by atoms with Crippen LogP contribution in [0.3, 0.4) is 0 Å². The quantitative estimate of drug-likeness (QED) is 0.351. The van der Waals surface area contributed by atoms with Crippen LogP contribution in [0.1, 0.15) is 0 Å². The van der Waals surface area contributed by atoms with Crippen molar-refractivity contribution in [1.82, 2.24) is 0 Å². The van der Waals surface area contributed by atoms with E-state index >= 15 is 0 Å². The maximum absolute atomic E-state index is 12.4. The molecule has 0 unspecified atom stereocenters. The minimum absolute atomic E-state index is 0.0274. The molecule has 0 radical (unpaired) electrons. The Kier molecular flexibility index (Phi) is 4.52. The summed E-state index contributed by atoms with van der Waals surface area (Å²) in [7, 11) is -4.64. The normalized spacial score (nSPS) is 12.3. The molecule has 0 spiro atoms. The molecule has 0 amide bonds. The number of benzene rings is 1. The third-order valence-corrected chi connectivity index (χ3v) is 3.47. The predicted molar refractivity (Wildman–Crippen MR) is 70.6 cm³/mol. The number of fused-ring (bicyclic) bond motifs is 1. The Hall–Kier alpha value is -2.27. The SMILES string of the molecule is COCOc1cc2oc(=O)ccc2cc1OS(=O)(=O)C(F)(F)F. The molecule has 11 heteroatoms. The molecule has 2 rings (SSSR count). The smallest absolute Gasteiger partial charge is 0.463 e. The van der Waals surface area contributed by atoms with Crippen LogP contribution in [0, 0.1) is 0 Å². The van der Waals surface area contributed by atoms with Gasteiger partial charge in [-0.05, 0) is 12.1 Å². The minimum atomic E-state index is -5.89. The van der Waals surface area contributed by atoms with Crippen LogP contribution in [0.15, 0.2) is 33.5 Å². The van der Waals surface area contributed by atoms with Gasteiger partial charge >= 0.3 is 21.3 Å². The van der Waals surface area contributed by atoms with Gasteiger partial charge in [0.05, 0.1) is 0 Å². The molecule has 0 aliphatic heterocycles. The van der Waals surface area contributed by atoms with Gasteiger partial charge in [-0.3, -0.25) is 0 Å². The fourth-order valence-electron chi connectivity index (χ4n) is 1.54. The van der Waals surface area contributed by atoms with Crippen molar-refractivity contribution in [2.45, 2.75) is 5.51 Å². The highest BCUT2D eigenvalue weighted by molar-refractivity contribution is 7.88. The van der Waals surface area contributed by atoms with Crippen molar-refractivity contribution in [2.75, 3.05) is 13.9 Å². The van der Waals surface area contributed by atoms with E-state index < -0.39 is 39.5 Å². The lowest BCUT2D eigenvalue weighted by atomic mass is 10.2. The first-order valence-corrected chi connectivity index (χ1v) is 7.25. The van der Waals surface area contributed by atoms with Crippen LogP contribution in [0.5, 0.6) is 11.5 Å². The molecule has 2 aromatic rings. The zero-order valence-corrected chi connectivity index (χ0v) is 12.2. The van der Waals surface area contributed by atoms with Crippen molar-refractivity contribution in [1.29, 1.82) is 0 Å². The first-order chi connectivity index (χ1) is 10.6. The summed E-state index contributed by atoms with van der Waals surface area (Å²) >= 11 is 0. The molecular weight excluding hydrogens is 345 g/mol. The monoisotopic (exact) mass is 354 g/mol. The molecule has 1 heterocycles. The number of hydrogen-bond acceptors (Lipinski definition) is 7. The van der Waals surface area contributed by atoms with Gasteiger partial charge in [-0.2, -0.15) is 21.6 Å². The van der Waals surface area contributed by atoms with Crippen LogP contribution in [0.2, 0.25) is 0 Å². The largest absolute Gasteiger partial charge is 0.534 e. The molecule has 1 aromatic heterocycles. The van der Waals surface area contributed by atoms with E-state index in [9.17, 15) is 26.4 Å². The fourth-order valence-corrected chi connectivity index (χ4v) is 2.00. The fraction of sp³-hybridized carbons (Fsp3) is 0.250. The Balaban J connectivity index is 2.56. The second-order valence-corrected chi connectivity index (χ2v) is 5.66. The summed E-state index contributed by atoms with van der Waals surface area (Å²) in [5.74, 6) is -1.12. The summed E-state index contributed by atoms with van der Waals surface area (Å²) in [6, 6.07) is 4.21. The van der Waals surface area contributed by atoms with Gasteiger partial charge in [0.2, 0.25) is 0 Å². The summed E-state index contributed by atoms with van der Waals surface area (Å²) in [5, 5.41) is 0.141. The molecule has 0 saturated heterocycles. The zero-order chi connectivity index (χ0) is 17.3. The molecule has 0 saturated carbocycles. The second-order valence-electron chi connectivity index (χ2n) is 4.13. The van der Waals surface area contributed by atoms with Gasteiger partial charge in [0, 0.05) is 24.6 Å². The van der Waals surface area contributed by atoms with Gasteiger partial charge in [-0.25, -0.2) is 4.79 Å². The molecule has 0 bridgehead atoms. The number of ether oxygens (including phenoxy) is 2. The summed E-state index contributed by atoms with van der Waals surface area (Å²) in [6.45, 7) is -0.398. The van der Waals surface area contributed by atoms with Crippen molar-refractivity contribution in [3.8, 4) is 11.5 Å². The average molecular weight is 354 g/mol. The average Bonchev–Trinajstić information content (AvgIpc) is 2.43. The molecule has 0 aliphatic rings. The van der Waals surface area contributed by atoms with Crippen LogP contribution in [0.4, 0.5) is 13.2 Å². The van der Waals surface area contributed by atoms with Crippen molar-refractivity contribution >= 4 is 21.1 Å². The maximum atomic E-state index is 12.4. The lowest BCUT2D eigenvalue weighted by molar-refractivity contribution is -0.0501. The third kappa shape index (κ3) is 3.74.